The topological polar surface area (TPSA) is 49.8 Å². The summed E-state index contributed by atoms with van der Waals surface area (Å²) in [6.07, 6.45) is -2.38. The highest BCUT2D eigenvalue weighted by molar-refractivity contribution is 5.69. The first-order valence-electron chi connectivity index (χ1n) is 12.1. The van der Waals surface area contributed by atoms with Crippen molar-refractivity contribution in [2.45, 2.75) is 44.9 Å². The molecular formula is C29H30F3NO3. The third-order valence-electron chi connectivity index (χ3n) is 6.71. The zero-order valence-corrected chi connectivity index (χ0v) is 20.2. The fraction of sp³-hybridized carbons (Fsp3) is 0.345. The van der Waals surface area contributed by atoms with Crippen LogP contribution in [0.25, 0.3) is 11.1 Å². The van der Waals surface area contributed by atoms with Crippen LogP contribution < -0.4 is 4.74 Å². The Morgan fingerprint density at radius 2 is 1.75 bits per heavy atom. The summed E-state index contributed by atoms with van der Waals surface area (Å²) in [5.41, 5.74) is 2.95. The summed E-state index contributed by atoms with van der Waals surface area (Å²) in [5.74, 6) is -0.173. The molecule has 1 heterocycles. The summed E-state index contributed by atoms with van der Waals surface area (Å²) in [7, 11) is 0. The van der Waals surface area contributed by atoms with Crippen LogP contribution in [0.4, 0.5) is 13.2 Å². The van der Waals surface area contributed by atoms with Crippen molar-refractivity contribution in [1.29, 1.82) is 0 Å². The van der Waals surface area contributed by atoms with Crippen molar-refractivity contribution >= 4 is 5.97 Å². The maximum atomic E-state index is 13.8. The third-order valence-corrected chi connectivity index (χ3v) is 6.71. The molecule has 1 N–H and O–H groups in total. The lowest BCUT2D eigenvalue weighted by Crippen LogP contribution is -2.34. The summed E-state index contributed by atoms with van der Waals surface area (Å²) >= 11 is 0. The van der Waals surface area contributed by atoms with Crippen molar-refractivity contribution in [3.05, 3.63) is 89.0 Å². The molecule has 0 unspecified atom stereocenters. The van der Waals surface area contributed by atoms with Gasteiger partial charge < -0.3 is 14.7 Å². The molecule has 4 rings (SSSR count). The maximum absolute atomic E-state index is 13.8. The molecule has 0 saturated carbocycles. The second kappa shape index (κ2) is 11.2. The molecule has 4 nitrogen and oxygen atoms in total. The molecule has 0 amide bonds. The van der Waals surface area contributed by atoms with Crippen molar-refractivity contribution in [2.75, 3.05) is 19.6 Å². The minimum atomic E-state index is -4.50. The summed E-state index contributed by atoms with van der Waals surface area (Å²) in [4.78, 5) is 12.9. The Bertz CT molecular complexity index is 1180. The molecule has 0 aromatic heterocycles. The fourth-order valence-corrected chi connectivity index (χ4v) is 4.71. The molecule has 190 valence electrons. The zero-order chi connectivity index (χ0) is 25.7. The smallest absolute Gasteiger partial charge is 0.417 e. The molecule has 36 heavy (non-hydrogen) atoms. The molecule has 0 bridgehead atoms. The molecule has 1 saturated heterocycles. The van der Waals surface area contributed by atoms with Crippen molar-refractivity contribution in [2.24, 2.45) is 0 Å². The van der Waals surface area contributed by atoms with Crippen molar-refractivity contribution in [1.82, 2.24) is 4.90 Å². The second-order valence-corrected chi connectivity index (χ2v) is 9.36. The van der Waals surface area contributed by atoms with Crippen molar-refractivity contribution < 1.29 is 27.8 Å². The molecule has 3 aromatic rings. The zero-order valence-electron chi connectivity index (χ0n) is 20.2. The van der Waals surface area contributed by atoms with E-state index in [1.807, 2.05) is 25.1 Å². The number of aryl methyl sites for hydroxylation is 1. The highest BCUT2D eigenvalue weighted by atomic mass is 19.4. The van der Waals surface area contributed by atoms with Crippen molar-refractivity contribution in [3.63, 3.8) is 0 Å². The Hall–Kier alpha value is -3.32. The number of carboxylic acids is 1. The quantitative estimate of drug-likeness (QED) is 0.367. The molecule has 1 fully saturated rings. The summed E-state index contributed by atoms with van der Waals surface area (Å²) in [5, 5.41) is 8.85. The molecule has 1 aliphatic rings. The number of halogens is 3. The molecule has 0 atom stereocenters. The van der Waals surface area contributed by atoms with E-state index in [2.05, 4.69) is 17.0 Å². The van der Waals surface area contributed by atoms with Crippen LogP contribution in [0.3, 0.4) is 0 Å². The Morgan fingerprint density at radius 3 is 2.39 bits per heavy atom. The van der Waals surface area contributed by atoms with Gasteiger partial charge in [0.2, 0.25) is 0 Å². The number of ether oxygens (including phenoxy) is 1. The first kappa shape index (κ1) is 25.8. The van der Waals surface area contributed by atoms with Gasteiger partial charge in [0.05, 0.1) is 12.0 Å². The largest absolute Gasteiger partial charge is 0.489 e. The van der Waals surface area contributed by atoms with E-state index in [0.717, 1.165) is 43.1 Å². The molecular weight excluding hydrogens is 467 g/mol. The van der Waals surface area contributed by atoms with Gasteiger partial charge in [-0.25, -0.2) is 0 Å². The summed E-state index contributed by atoms with van der Waals surface area (Å²) in [6, 6.07) is 19.2. The number of aliphatic carboxylic acids is 1. The van der Waals surface area contributed by atoms with Crippen LogP contribution in [-0.2, 0) is 17.6 Å². The number of alkyl halides is 3. The van der Waals surface area contributed by atoms with Gasteiger partial charge in [-0.2, -0.15) is 13.2 Å². The molecule has 3 aromatic carbocycles. The SMILES string of the molecule is Cc1cccc(-c2ccc(OCc3ccc(C4CCN(CCC(=O)O)CC4)cc3)cc2C(F)(F)F)c1. The number of nitrogens with zero attached hydrogens (tertiary/aromatic N) is 1. The molecule has 1 aliphatic heterocycles. The second-order valence-electron chi connectivity index (χ2n) is 9.36. The standard InChI is InChI=1S/C29H30F3NO3/c1-20-3-2-4-24(17-20)26-10-9-25(18-27(26)29(30,31)32)36-19-21-5-7-22(8-6-21)23-11-14-33(15-12-23)16-13-28(34)35/h2-10,17-18,23H,11-16,19H2,1H3,(H,34,35). The average Bonchev–Trinajstić information content (AvgIpc) is 2.86. The third kappa shape index (κ3) is 6.66. The summed E-state index contributed by atoms with van der Waals surface area (Å²) < 4.78 is 47.2. The maximum Gasteiger partial charge on any atom is 0.417 e. The van der Waals surface area contributed by atoms with Gasteiger partial charge in [-0.05, 0) is 73.2 Å². The fourth-order valence-electron chi connectivity index (χ4n) is 4.71. The predicted molar refractivity (Wildman–Crippen MR) is 133 cm³/mol. The first-order chi connectivity index (χ1) is 17.2. The number of rotatable bonds is 8. The van der Waals surface area contributed by atoms with E-state index >= 15 is 0 Å². The Balaban J connectivity index is 1.38. The number of likely N-dealkylation sites (tertiary alicyclic amines) is 1. The van der Waals surface area contributed by atoms with E-state index in [1.54, 1.807) is 24.3 Å². The lowest BCUT2D eigenvalue weighted by atomic mass is 9.89. The van der Waals surface area contributed by atoms with Crippen LogP contribution in [-0.4, -0.2) is 35.6 Å². The van der Waals surface area contributed by atoms with E-state index < -0.39 is 17.7 Å². The van der Waals surface area contributed by atoms with Crippen LogP contribution in [0.15, 0.2) is 66.7 Å². The molecule has 0 radical (unpaired) electrons. The predicted octanol–water partition coefficient (Wildman–Crippen LogP) is 6.91. The van der Waals surface area contributed by atoms with Gasteiger partial charge in [0.1, 0.15) is 12.4 Å². The van der Waals surface area contributed by atoms with Crippen LogP contribution >= 0.6 is 0 Å². The van der Waals surface area contributed by atoms with E-state index in [1.165, 1.54) is 11.6 Å². The van der Waals surface area contributed by atoms with E-state index in [9.17, 15) is 18.0 Å². The van der Waals surface area contributed by atoms with Crippen LogP contribution in [0.5, 0.6) is 5.75 Å². The van der Waals surface area contributed by atoms with E-state index in [0.29, 0.717) is 18.0 Å². The average molecular weight is 498 g/mol. The number of hydrogen-bond donors (Lipinski definition) is 1. The summed E-state index contributed by atoms with van der Waals surface area (Å²) in [6.45, 7) is 4.37. The monoisotopic (exact) mass is 497 g/mol. The van der Waals surface area contributed by atoms with Crippen LogP contribution in [0, 0.1) is 6.92 Å². The normalized spacial score (nSPS) is 15.1. The van der Waals surface area contributed by atoms with Gasteiger partial charge in [0.15, 0.2) is 0 Å². The van der Waals surface area contributed by atoms with Crippen molar-refractivity contribution in [3.8, 4) is 16.9 Å². The number of piperidine rings is 1. The van der Waals surface area contributed by atoms with Gasteiger partial charge in [0.25, 0.3) is 0 Å². The Kier molecular flexibility index (Phi) is 7.99. The highest BCUT2D eigenvalue weighted by Gasteiger charge is 2.34. The molecule has 0 spiro atoms. The lowest BCUT2D eigenvalue weighted by molar-refractivity contribution is -0.138. The number of carboxylic acid groups (broad SMARTS) is 1. The van der Waals surface area contributed by atoms with E-state index in [-0.39, 0.29) is 24.3 Å². The lowest BCUT2D eigenvalue weighted by Gasteiger charge is -2.31. The van der Waals surface area contributed by atoms with Gasteiger partial charge in [-0.15, -0.1) is 0 Å². The molecule has 7 heteroatoms. The molecule has 0 aliphatic carbocycles. The Morgan fingerprint density at radius 1 is 1.03 bits per heavy atom. The van der Waals surface area contributed by atoms with Gasteiger partial charge in [-0.1, -0.05) is 60.2 Å². The van der Waals surface area contributed by atoms with Gasteiger partial charge >= 0.3 is 12.1 Å². The van der Waals surface area contributed by atoms with Crippen LogP contribution in [0.2, 0.25) is 0 Å². The van der Waals surface area contributed by atoms with Gasteiger partial charge in [0, 0.05) is 6.54 Å². The number of hydrogen-bond acceptors (Lipinski definition) is 3. The Labute approximate surface area is 209 Å². The number of carbonyl (C=O) groups is 1. The van der Waals surface area contributed by atoms with Gasteiger partial charge in [-0.3, -0.25) is 4.79 Å². The minimum absolute atomic E-state index is 0.136. The van der Waals surface area contributed by atoms with E-state index in [4.69, 9.17) is 9.84 Å². The highest BCUT2D eigenvalue weighted by Crippen LogP contribution is 2.39. The number of benzene rings is 3. The first-order valence-corrected chi connectivity index (χ1v) is 12.1. The van der Waals surface area contributed by atoms with Crippen LogP contribution in [0.1, 0.15) is 47.4 Å². The minimum Gasteiger partial charge on any atom is -0.489 e.